The molecule has 0 bridgehead atoms. The van der Waals surface area contributed by atoms with Crippen LogP contribution < -0.4 is 5.73 Å². The molecule has 0 radical (unpaired) electrons. The number of aromatic nitrogens is 3. The molecule has 4 nitrogen and oxygen atoms in total. The van der Waals surface area contributed by atoms with Crippen LogP contribution in [0, 0.1) is 12.8 Å². The minimum atomic E-state index is 0.473. The Morgan fingerprint density at radius 2 is 2.00 bits per heavy atom. The molecule has 1 aromatic carbocycles. The van der Waals surface area contributed by atoms with Crippen molar-refractivity contribution in [1.29, 1.82) is 0 Å². The molecule has 2 N–H and O–H groups in total. The zero-order valence-corrected chi connectivity index (χ0v) is 14.0. The van der Waals surface area contributed by atoms with Crippen LogP contribution in [0.3, 0.4) is 0 Å². The number of hydrogen-bond donors (Lipinski definition) is 1. The first-order valence-electron chi connectivity index (χ1n) is 8.39. The fourth-order valence-corrected chi connectivity index (χ4v) is 2.89. The van der Waals surface area contributed by atoms with E-state index in [1.54, 1.807) is 0 Å². The van der Waals surface area contributed by atoms with E-state index in [9.17, 15) is 0 Å². The number of nitrogens with zero attached hydrogens (tertiary/aromatic N) is 3. The van der Waals surface area contributed by atoms with Crippen molar-refractivity contribution < 1.29 is 0 Å². The van der Waals surface area contributed by atoms with E-state index in [-0.39, 0.29) is 0 Å². The highest BCUT2D eigenvalue weighted by molar-refractivity contribution is 5.65. The van der Waals surface area contributed by atoms with Crippen LogP contribution in [-0.4, -0.2) is 15.0 Å². The van der Waals surface area contributed by atoms with Crippen molar-refractivity contribution in [1.82, 2.24) is 15.0 Å². The molecular weight excluding hydrogens is 272 g/mol. The van der Waals surface area contributed by atoms with Crippen molar-refractivity contribution in [3.8, 4) is 11.3 Å². The Hall–Kier alpha value is -1.68. The van der Waals surface area contributed by atoms with Crippen molar-refractivity contribution in [2.24, 2.45) is 11.7 Å². The highest BCUT2D eigenvalue weighted by Gasteiger charge is 2.17. The van der Waals surface area contributed by atoms with Crippen LogP contribution >= 0.6 is 0 Å². The van der Waals surface area contributed by atoms with E-state index < -0.39 is 0 Å². The van der Waals surface area contributed by atoms with Gasteiger partial charge in [-0.3, -0.25) is 0 Å². The average Bonchev–Trinajstić information content (AvgIpc) is 2.94. The first-order valence-corrected chi connectivity index (χ1v) is 8.39. The quantitative estimate of drug-likeness (QED) is 0.803. The Morgan fingerprint density at radius 3 is 2.64 bits per heavy atom. The summed E-state index contributed by atoms with van der Waals surface area (Å²) < 4.78 is 2.02. The van der Waals surface area contributed by atoms with Gasteiger partial charge in [0.1, 0.15) is 5.69 Å². The van der Waals surface area contributed by atoms with Crippen LogP contribution in [0.15, 0.2) is 24.3 Å². The Bertz CT molecular complexity index is 589. The molecule has 0 aliphatic carbocycles. The SMILES string of the molecule is CCCCC(CC)Cn1nnc(-c2ccccc2C)c1CN. The summed E-state index contributed by atoms with van der Waals surface area (Å²) in [4.78, 5) is 0. The molecule has 0 saturated carbocycles. The van der Waals surface area contributed by atoms with Gasteiger partial charge >= 0.3 is 0 Å². The monoisotopic (exact) mass is 300 g/mol. The van der Waals surface area contributed by atoms with Crippen molar-refractivity contribution >= 4 is 0 Å². The molecule has 0 fully saturated rings. The highest BCUT2D eigenvalue weighted by Crippen LogP contribution is 2.25. The molecule has 1 heterocycles. The van der Waals surface area contributed by atoms with Crippen LogP contribution in [0.1, 0.15) is 50.8 Å². The third-order valence-corrected chi connectivity index (χ3v) is 4.41. The molecule has 2 aromatic rings. The van der Waals surface area contributed by atoms with E-state index >= 15 is 0 Å². The predicted octanol–water partition coefficient (Wildman–Crippen LogP) is 3.93. The van der Waals surface area contributed by atoms with Crippen LogP contribution in [0.4, 0.5) is 0 Å². The summed E-state index contributed by atoms with van der Waals surface area (Å²) in [6, 6.07) is 8.28. The van der Waals surface area contributed by atoms with E-state index in [0.717, 1.165) is 23.5 Å². The van der Waals surface area contributed by atoms with Gasteiger partial charge in [-0.15, -0.1) is 5.10 Å². The molecule has 1 atom stereocenters. The number of aryl methyl sites for hydroxylation is 1. The fraction of sp³-hybridized carbons (Fsp3) is 0.556. The molecule has 22 heavy (non-hydrogen) atoms. The fourth-order valence-electron chi connectivity index (χ4n) is 2.89. The lowest BCUT2D eigenvalue weighted by Crippen LogP contribution is -2.16. The number of hydrogen-bond acceptors (Lipinski definition) is 3. The largest absolute Gasteiger partial charge is 0.325 e. The van der Waals surface area contributed by atoms with Gasteiger partial charge in [-0.05, 0) is 24.8 Å². The smallest absolute Gasteiger partial charge is 0.117 e. The number of rotatable bonds is 8. The topological polar surface area (TPSA) is 56.7 Å². The van der Waals surface area contributed by atoms with Gasteiger partial charge < -0.3 is 5.73 Å². The molecule has 0 aliphatic heterocycles. The van der Waals surface area contributed by atoms with Crippen LogP contribution in [0.25, 0.3) is 11.3 Å². The average molecular weight is 300 g/mol. The standard InChI is InChI=1S/C18H28N4/c1-4-6-10-15(5-2)13-22-17(12-19)18(20-21-22)16-11-8-7-9-14(16)3/h7-9,11,15H,4-6,10,12-13,19H2,1-3H3. The van der Waals surface area contributed by atoms with Gasteiger partial charge in [0.25, 0.3) is 0 Å². The molecule has 0 aliphatic rings. The first-order chi connectivity index (χ1) is 10.7. The van der Waals surface area contributed by atoms with E-state index in [4.69, 9.17) is 5.73 Å². The zero-order valence-electron chi connectivity index (χ0n) is 14.0. The summed E-state index contributed by atoms with van der Waals surface area (Å²) in [6.07, 6.45) is 4.93. The Labute approximate surface area is 133 Å². The third-order valence-electron chi connectivity index (χ3n) is 4.41. The number of benzene rings is 1. The lowest BCUT2D eigenvalue weighted by atomic mass is 9.99. The Balaban J connectivity index is 2.26. The second-order valence-corrected chi connectivity index (χ2v) is 6.00. The lowest BCUT2D eigenvalue weighted by Gasteiger charge is -2.15. The van der Waals surface area contributed by atoms with Crippen molar-refractivity contribution in [3.05, 3.63) is 35.5 Å². The van der Waals surface area contributed by atoms with Gasteiger partial charge in [0.2, 0.25) is 0 Å². The minimum absolute atomic E-state index is 0.473. The number of unbranched alkanes of at least 4 members (excludes halogenated alkanes) is 1. The maximum atomic E-state index is 6.00. The van der Waals surface area contributed by atoms with Crippen LogP contribution in [0.2, 0.25) is 0 Å². The van der Waals surface area contributed by atoms with E-state index in [1.165, 1.54) is 31.2 Å². The number of nitrogens with two attached hydrogens (primary N) is 1. The Morgan fingerprint density at radius 1 is 1.23 bits per heavy atom. The summed E-state index contributed by atoms with van der Waals surface area (Å²) in [5.74, 6) is 0.650. The van der Waals surface area contributed by atoms with E-state index in [2.05, 4.69) is 43.2 Å². The predicted molar refractivity (Wildman–Crippen MR) is 91.4 cm³/mol. The maximum Gasteiger partial charge on any atom is 0.117 e. The highest BCUT2D eigenvalue weighted by atomic mass is 15.4. The summed E-state index contributed by atoms with van der Waals surface area (Å²) in [6.45, 7) is 7.99. The van der Waals surface area contributed by atoms with Crippen molar-refractivity contribution in [2.45, 2.75) is 59.5 Å². The summed E-state index contributed by atoms with van der Waals surface area (Å²) in [7, 11) is 0. The van der Waals surface area contributed by atoms with Crippen molar-refractivity contribution in [2.75, 3.05) is 0 Å². The molecular formula is C18H28N4. The van der Waals surface area contributed by atoms with Gasteiger partial charge in [0.15, 0.2) is 0 Å². The molecule has 120 valence electrons. The second kappa shape index (κ2) is 8.08. The van der Waals surface area contributed by atoms with E-state index in [1.807, 2.05) is 16.8 Å². The Kier molecular flexibility index (Phi) is 6.13. The van der Waals surface area contributed by atoms with Crippen molar-refractivity contribution in [3.63, 3.8) is 0 Å². The van der Waals surface area contributed by atoms with Gasteiger partial charge in [-0.1, -0.05) is 62.6 Å². The van der Waals surface area contributed by atoms with Gasteiger partial charge in [0, 0.05) is 18.7 Å². The molecule has 0 saturated heterocycles. The van der Waals surface area contributed by atoms with Gasteiger partial charge in [0.05, 0.1) is 5.69 Å². The molecule has 1 aromatic heterocycles. The summed E-state index contributed by atoms with van der Waals surface area (Å²) >= 11 is 0. The van der Waals surface area contributed by atoms with Crippen LogP contribution in [0.5, 0.6) is 0 Å². The molecule has 4 heteroatoms. The van der Waals surface area contributed by atoms with Crippen LogP contribution in [-0.2, 0) is 13.1 Å². The molecule has 1 unspecified atom stereocenters. The van der Waals surface area contributed by atoms with E-state index in [0.29, 0.717) is 12.5 Å². The molecule has 2 rings (SSSR count). The first kappa shape index (κ1) is 16.7. The summed E-state index contributed by atoms with van der Waals surface area (Å²) in [5, 5.41) is 8.81. The van der Waals surface area contributed by atoms with Gasteiger partial charge in [-0.2, -0.15) is 0 Å². The third kappa shape index (κ3) is 3.74. The molecule has 0 spiro atoms. The molecule has 0 amide bonds. The second-order valence-electron chi connectivity index (χ2n) is 6.00. The zero-order chi connectivity index (χ0) is 15.9. The summed E-state index contributed by atoms with van der Waals surface area (Å²) in [5.41, 5.74) is 10.3. The minimum Gasteiger partial charge on any atom is -0.325 e. The normalized spacial score (nSPS) is 12.5. The van der Waals surface area contributed by atoms with Gasteiger partial charge in [-0.25, -0.2) is 4.68 Å². The lowest BCUT2D eigenvalue weighted by molar-refractivity contribution is 0.362. The maximum absolute atomic E-state index is 6.00.